The van der Waals surface area contributed by atoms with Gasteiger partial charge in [-0.25, -0.2) is 0 Å². The summed E-state index contributed by atoms with van der Waals surface area (Å²) in [6.45, 7) is 12.2. The Bertz CT molecular complexity index is 885. The quantitative estimate of drug-likeness (QED) is 0.271. The summed E-state index contributed by atoms with van der Waals surface area (Å²) in [5, 5.41) is 6.79. The molecule has 1 saturated heterocycles. The van der Waals surface area contributed by atoms with Crippen molar-refractivity contribution in [2.75, 3.05) is 58.8 Å². The third-order valence-electron chi connectivity index (χ3n) is 5.82. The van der Waals surface area contributed by atoms with E-state index in [-0.39, 0.29) is 24.0 Å². The van der Waals surface area contributed by atoms with Gasteiger partial charge < -0.3 is 25.0 Å². The minimum atomic E-state index is 0. The number of rotatable bonds is 9. The highest BCUT2D eigenvalue weighted by atomic mass is 127. The van der Waals surface area contributed by atoms with E-state index < -0.39 is 0 Å². The standard InChI is InChI=1S/C25H37N5O2.HI/c1-5-29-13-15-30(16-14-29)19-21-10-8-7-9-20(21)18-27-25(26-3)28-22-11-12-23(32-6-2)24(17-22)31-4;/h7-12,17H,5-6,13-16,18-19H2,1-4H3,(H2,26,27,28);1H. The monoisotopic (exact) mass is 567 g/mol. The van der Waals surface area contributed by atoms with E-state index in [9.17, 15) is 0 Å². The van der Waals surface area contributed by atoms with Crippen LogP contribution in [0.15, 0.2) is 47.5 Å². The summed E-state index contributed by atoms with van der Waals surface area (Å²) in [7, 11) is 3.42. The van der Waals surface area contributed by atoms with Gasteiger partial charge in [0.05, 0.1) is 13.7 Å². The molecule has 33 heavy (non-hydrogen) atoms. The van der Waals surface area contributed by atoms with Gasteiger partial charge in [0.2, 0.25) is 0 Å². The molecular weight excluding hydrogens is 529 g/mol. The number of hydrogen-bond acceptors (Lipinski definition) is 5. The van der Waals surface area contributed by atoms with Crippen molar-refractivity contribution >= 4 is 35.6 Å². The predicted molar refractivity (Wildman–Crippen MR) is 147 cm³/mol. The van der Waals surface area contributed by atoms with Crippen LogP contribution in [0.25, 0.3) is 0 Å². The van der Waals surface area contributed by atoms with Crippen molar-refractivity contribution in [1.29, 1.82) is 0 Å². The molecule has 182 valence electrons. The third kappa shape index (κ3) is 8.04. The molecule has 0 atom stereocenters. The van der Waals surface area contributed by atoms with Gasteiger partial charge in [0, 0.05) is 58.1 Å². The first kappa shape index (κ1) is 27.2. The van der Waals surface area contributed by atoms with Crippen LogP contribution in [0.5, 0.6) is 11.5 Å². The highest BCUT2D eigenvalue weighted by Gasteiger charge is 2.16. The zero-order chi connectivity index (χ0) is 22.8. The Kier molecular flexibility index (Phi) is 11.8. The maximum atomic E-state index is 5.60. The number of aliphatic imine (C=N–C) groups is 1. The van der Waals surface area contributed by atoms with E-state index in [0.717, 1.165) is 50.7 Å². The van der Waals surface area contributed by atoms with Gasteiger partial charge in [-0.1, -0.05) is 31.2 Å². The van der Waals surface area contributed by atoms with E-state index in [0.29, 0.717) is 24.9 Å². The first-order chi connectivity index (χ1) is 15.7. The first-order valence-electron chi connectivity index (χ1n) is 11.5. The molecule has 2 aromatic rings. The summed E-state index contributed by atoms with van der Waals surface area (Å²) in [4.78, 5) is 9.44. The molecule has 1 aliphatic rings. The second kappa shape index (κ2) is 14.3. The zero-order valence-corrected chi connectivity index (χ0v) is 22.6. The molecule has 0 bridgehead atoms. The Balaban J connectivity index is 0.00000385. The number of ether oxygens (including phenoxy) is 2. The fraction of sp³-hybridized carbons (Fsp3) is 0.480. The van der Waals surface area contributed by atoms with Crippen molar-refractivity contribution in [2.45, 2.75) is 26.9 Å². The van der Waals surface area contributed by atoms with Crippen LogP contribution in [-0.4, -0.2) is 69.2 Å². The van der Waals surface area contributed by atoms with Crippen LogP contribution in [0, 0.1) is 0 Å². The van der Waals surface area contributed by atoms with Gasteiger partial charge in [-0.2, -0.15) is 0 Å². The Morgan fingerprint density at radius 2 is 1.67 bits per heavy atom. The lowest BCUT2D eigenvalue weighted by molar-refractivity contribution is 0.131. The molecule has 2 N–H and O–H groups in total. The molecule has 1 heterocycles. The molecular formula is C25H38IN5O2. The molecule has 0 amide bonds. The van der Waals surface area contributed by atoms with Crippen LogP contribution in [0.3, 0.4) is 0 Å². The van der Waals surface area contributed by atoms with Crippen LogP contribution in [-0.2, 0) is 13.1 Å². The summed E-state index contributed by atoms with van der Waals surface area (Å²) >= 11 is 0. The molecule has 3 rings (SSSR count). The SMILES string of the molecule is CCOc1ccc(NC(=NC)NCc2ccccc2CN2CCN(CC)CC2)cc1OC.I. The van der Waals surface area contributed by atoms with Crippen LogP contribution >= 0.6 is 24.0 Å². The highest BCUT2D eigenvalue weighted by Crippen LogP contribution is 2.30. The number of piperazine rings is 1. The number of benzene rings is 2. The van der Waals surface area contributed by atoms with Gasteiger partial charge in [0.1, 0.15) is 0 Å². The molecule has 0 unspecified atom stereocenters. The highest BCUT2D eigenvalue weighted by molar-refractivity contribution is 14.0. The van der Waals surface area contributed by atoms with Crippen LogP contribution in [0.4, 0.5) is 5.69 Å². The average molecular weight is 568 g/mol. The maximum Gasteiger partial charge on any atom is 0.195 e. The molecule has 2 aromatic carbocycles. The molecule has 1 fully saturated rings. The molecule has 7 nitrogen and oxygen atoms in total. The van der Waals surface area contributed by atoms with Gasteiger partial charge in [-0.15, -0.1) is 24.0 Å². The maximum absolute atomic E-state index is 5.60. The van der Waals surface area contributed by atoms with E-state index in [1.54, 1.807) is 14.2 Å². The first-order valence-corrected chi connectivity index (χ1v) is 11.5. The molecule has 0 aliphatic carbocycles. The number of hydrogen-bond donors (Lipinski definition) is 2. The average Bonchev–Trinajstić information content (AvgIpc) is 2.84. The molecule has 1 aliphatic heterocycles. The third-order valence-corrected chi connectivity index (χ3v) is 5.82. The van der Waals surface area contributed by atoms with Crippen LogP contribution in [0.1, 0.15) is 25.0 Å². The summed E-state index contributed by atoms with van der Waals surface area (Å²) in [6.07, 6.45) is 0. The van der Waals surface area contributed by atoms with Crippen LogP contribution < -0.4 is 20.1 Å². The van der Waals surface area contributed by atoms with Gasteiger partial charge in [-0.05, 0) is 36.7 Å². The van der Waals surface area contributed by atoms with E-state index in [4.69, 9.17) is 9.47 Å². The lowest BCUT2D eigenvalue weighted by Crippen LogP contribution is -2.45. The Labute approximate surface area is 215 Å². The van der Waals surface area contributed by atoms with Gasteiger partial charge in [-0.3, -0.25) is 9.89 Å². The number of guanidine groups is 1. The number of likely N-dealkylation sites (N-methyl/N-ethyl adjacent to an activating group) is 1. The molecule has 0 radical (unpaired) electrons. The topological polar surface area (TPSA) is 61.4 Å². The number of anilines is 1. The predicted octanol–water partition coefficient (Wildman–Crippen LogP) is 4.04. The Hall–Kier alpha value is -2.04. The minimum Gasteiger partial charge on any atom is -0.493 e. The zero-order valence-electron chi connectivity index (χ0n) is 20.3. The van der Waals surface area contributed by atoms with Crippen LogP contribution in [0.2, 0.25) is 0 Å². The second-order valence-electron chi connectivity index (χ2n) is 7.83. The van der Waals surface area contributed by atoms with E-state index in [1.165, 1.54) is 11.1 Å². The Morgan fingerprint density at radius 3 is 2.30 bits per heavy atom. The second-order valence-corrected chi connectivity index (χ2v) is 7.83. The lowest BCUT2D eigenvalue weighted by atomic mass is 10.1. The van der Waals surface area contributed by atoms with Crippen molar-refractivity contribution in [3.8, 4) is 11.5 Å². The minimum absolute atomic E-state index is 0. The van der Waals surface area contributed by atoms with Gasteiger partial charge in [0.25, 0.3) is 0 Å². The van der Waals surface area contributed by atoms with E-state index >= 15 is 0 Å². The van der Waals surface area contributed by atoms with E-state index in [2.05, 4.69) is 56.6 Å². The van der Waals surface area contributed by atoms with E-state index in [1.807, 2.05) is 25.1 Å². The smallest absolute Gasteiger partial charge is 0.195 e. The van der Waals surface area contributed by atoms with Gasteiger partial charge in [0.15, 0.2) is 17.5 Å². The van der Waals surface area contributed by atoms with Crippen molar-refractivity contribution < 1.29 is 9.47 Å². The molecule has 0 saturated carbocycles. The fourth-order valence-electron chi connectivity index (χ4n) is 3.90. The normalized spacial score (nSPS) is 15.0. The van der Waals surface area contributed by atoms with Gasteiger partial charge >= 0.3 is 0 Å². The fourth-order valence-corrected chi connectivity index (χ4v) is 3.90. The Morgan fingerprint density at radius 1 is 0.970 bits per heavy atom. The summed E-state index contributed by atoms with van der Waals surface area (Å²) in [5.41, 5.74) is 3.54. The number of nitrogens with one attached hydrogen (secondary N) is 2. The lowest BCUT2D eigenvalue weighted by Gasteiger charge is -2.34. The molecule has 0 aromatic heterocycles. The van der Waals surface area contributed by atoms with Crippen molar-refractivity contribution in [3.05, 3.63) is 53.6 Å². The molecule has 8 heteroatoms. The number of methoxy groups -OCH3 is 1. The van der Waals surface area contributed by atoms with Crippen molar-refractivity contribution in [1.82, 2.24) is 15.1 Å². The largest absolute Gasteiger partial charge is 0.493 e. The summed E-state index contributed by atoms with van der Waals surface area (Å²) < 4.78 is 11.1. The summed E-state index contributed by atoms with van der Waals surface area (Å²) in [6, 6.07) is 14.4. The van der Waals surface area contributed by atoms with Crippen molar-refractivity contribution in [2.24, 2.45) is 4.99 Å². The molecule has 0 spiro atoms. The van der Waals surface area contributed by atoms with Crippen molar-refractivity contribution in [3.63, 3.8) is 0 Å². The number of nitrogens with zero attached hydrogens (tertiary/aromatic N) is 3. The summed E-state index contributed by atoms with van der Waals surface area (Å²) in [5.74, 6) is 2.14. The number of halogens is 1.